The van der Waals surface area contributed by atoms with E-state index in [1.54, 1.807) is 12.3 Å². The molecule has 76 valence electrons. The Labute approximate surface area is 85.7 Å². The van der Waals surface area contributed by atoms with Crippen molar-refractivity contribution >= 4 is 29.1 Å². The van der Waals surface area contributed by atoms with Crippen molar-refractivity contribution in [3.8, 4) is 0 Å². The average molecular weight is 214 g/mol. The highest BCUT2D eigenvalue weighted by Gasteiger charge is 2.01. The number of hydrogen-bond acceptors (Lipinski definition) is 3. The van der Waals surface area contributed by atoms with E-state index >= 15 is 0 Å². The van der Waals surface area contributed by atoms with E-state index in [9.17, 15) is 4.79 Å². The Bertz CT molecular complexity index is 349. The highest BCUT2D eigenvalue weighted by Crippen LogP contribution is 2.02. The van der Waals surface area contributed by atoms with Gasteiger partial charge in [0.1, 0.15) is 0 Å². The topological polar surface area (TPSA) is 93.2 Å². The largest absolute Gasteiger partial charge is 0.481 e. The molecule has 14 heavy (non-hydrogen) atoms. The lowest BCUT2D eigenvalue weighted by molar-refractivity contribution is -0.137. The highest BCUT2D eigenvalue weighted by molar-refractivity contribution is 7.80. The lowest BCUT2D eigenvalue weighted by atomic mass is 10.4. The van der Waals surface area contributed by atoms with Crippen LogP contribution in [0.4, 0.5) is 5.82 Å². The molecule has 0 saturated heterocycles. The molecule has 0 radical (unpaired) electrons. The van der Waals surface area contributed by atoms with Gasteiger partial charge in [-0.15, -0.1) is 0 Å². The molecule has 1 rings (SSSR count). The Kier molecular flexibility index (Phi) is 3.41. The highest BCUT2D eigenvalue weighted by atomic mass is 32.1. The third kappa shape index (κ3) is 3.40. The Balaban J connectivity index is 2.50. The molecule has 1 aromatic rings. The maximum Gasteiger partial charge on any atom is 0.305 e. The zero-order valence-electron chi connectivity index (χ0n) is 7.30. The van der Waals surface area contributed by atoms with Crippen LogP contribution in [0.15, 0.2) is 12.3 Å². The first-order valence-corrected chi connectivity index (χ1v) is 4.30. The molecule has 0 saturated carbocycles. The van der Waals surface area contributed by atoms with Crippen molar-refractivity contribution in [2.24, 2.45) is 5.73 Å². The van der Waals surface area contributed by atoms with E-state index in [2.05, 4.69) is 22.6 Å². The number of thiocarbonyl (C=S) groups is 1. The fourth-order valence-electron chi connectivity index (χ4n) is 0.889. The van der Waals surface area contributed by atoms with Crippen LogP contribution in [-0.4, -0.2) is 26.0 Å². The number of aryl methyl sites for hydroxylation is 1. The van der Waals surface area contributed by atoms with Gasteiger partial charge in [0, 0.05) is 12.3 Å². The number of nitrogens with two attached hydrogens (primary N) is 1. The molecule has 0 bridgehead atoms. The molecule has 6 nitrogen and oxygen atoms in total. The first-order chi connectivity index (χ1) is 6.58. The second kappa shape index (κ2) is 4.56. The number of anilines is 1. The molecule has 0 spiro atoms. The van der Waals surface area contributed by atoms with Gasteiger partial charge >= 0.3 is 5.97 Å². The summed E-state index contributed by atoms with van der Waals surface area (Å²) in [4.78, 5) is 10.3. The predicted molar refractivity (Wildman–Crippen MR) is 54.9 cm³/mol. The first-order valence-electron chi connectivity index (χ1n) is 3.89. The van der Waals surface area contributed by atoms with Crippen LogP contribution in [0.5, 0.6) is 0 Å². The standard InChI is InChI=1S/C7H10N4O2S/c8-7(14)9-5-1-3-11(10-5)4-2-6(12)13/h1,3H,2,4H2,(H,12,13)(H3,8,9,10,14). The van der Waals surface area contributed by atoms with Gasteiger partial charge in [0.25, 0.3) is 0 Å². The minimum Gasteiger partial charge on any atom is -0.481 e. The van der Waals surface area contributed by atoms with E-state index in [1.807, 2.05) is 0 Å². The summed E-state index contributed by atoms with van der Waals surface area (Å²) in [6.45, 7) is 0.328. The summed E-state index contributed by atoms with van der Waals surface area (Å²) in [7, 11) is 0. The summed E-state index contributed by atoms with van der Waals surface area (Å²) < 4.78 is 1.51. The summed E-state index contributed by atoms with van der Waals surface area (Å²) in [6, 6.07) is 1.67. The third-order valence-corrected chi connectivity index (χ3v) is 1.55. The van der Waals surface area contributed by atoms with Gasteiger partial charge < -0.3 is 16.2 Å². The van der Waals surface area contributed by atoms with Crippen molar-refractivity contribution < 1.29 is 9.90 Å². The molecule has 1 aromatic heterocycles. The molecule has 0 fully saturated rings. The summed E-state index contributed by atoms with van der Waals surface area (Å²) in [5, 5.41) is 15.2. The zero-order chi connectivity index (χ0) is 10.6. The number of carboxylic acid groups (broad SMARTS) is 1. The Morgan fingerprint density at radius 1 is 1.79 bits per heavy atom. The number of carboxylic acids is 1. The van der Waals surface area contributed by atoms with E-state index in [0.717, 1.165) is 0 Å². The molecule has 7 heteroatoms. The lowest BCUT2D eigenvalue weighted by Crippen LogP contribution is -2.19. The molecule has 0 aromatic carbocycles. The summed E-state index contributed by atoms with van der Waals surface area (Å²) in [5.41, 5.74) is 5.23. The van der Waals surface area contributed by atoms with E-state index < -0.39 is 5.97 Å². The van der Waals surface area contributed by atoms with Crippen LogP contribution in [0.2, 0.25) is 0 Å². The van der Waals surface area contributed by atoms with Gasteiger partial charge in [-0.05, 0) is 12.2 Å². The van der Waals surface area contributed by atoms with Crippen molar-refractivity contribution in [2.75, 3.05) is 5.32 Å². The molecular formula is C7H10N4O2S. The monoisotopic (exact) mass is 214 g/mol. The van der Waals surface area contributed by atoms with E-state index in [1.165, 1.54) is 4.68 Å². The Morgan fingerprint density at radius 2 is 2.50 bits per heavy atom. The fourth-order valence-corrected chi connectivity index (χ4v) is 0.994. The number of hydrogen-bond donors (Lipinski definition) is 3. The van der Waals surface area contributed by atoms with E-state index in [0.29, 0.717) is 12.4 Å². The summed E-state index contributed by atoms with van der Waals surface area (Å²) >= 11 is 4.62. The molecule has 0 atom stereocenters. The molecule has 1 heterocycles. The first kappa shape index (κ1) is 10.5. The normalized spacial score (nSPS) is 9.71. The number of nitrogens with one attached hydrogen (secondary N) is 1. The van der Waals surface area contributed by atoms with Crippen LogP contribution in [-0.2, 0) is 11.3 Å². The fraction of sp³-hybridized carbons (Fsp3) is 0.286. The van der Waals surface area contributed by atoms with Crippen LogP contribution in [0, 0.1) is 0 Å². The lowest BCUT2D eigenvalue weighted by Gasteiger charge is -1.98. The van der Waals surface area contributed by atoms with Crippen LogP contribution >= 0.6 is 12.2 Å². The molecule has 4 N–H and O–H groups in total. The van der Waals surface area contributed by atoms with E-state index in [4.69, 9.17) is 10.8 Å². The number of carbonyl (C=O) groups is 1. The van der Waals surface area contributed by atoms with Gasteiger partial charge in [0.05, 0.1) is 13.0 Å². The average Bonchev–Trinajstić information content (AvgIpc) is 2.47. The van der Waals surface area contributed by atoms with Gasteiger partial charge in [0.15, 0.2) is 10.9 Å². The third-order valence-electron chi connectivity index (χ3n) is 1.45. The van der Waals surface area contributed by atoms with Crippen molar-refractivity contribution in [3.63, 3.8) is 0 Å². The van der Waals surface area contributed by atoms with Gasteiger partial charge in [0.2, 0.25) is 0 Å². The number of rotatable bonds is 4. The van der Waals surface area contributed by atoms with Crippen LogP contribution in [0.1, 0.15) is 6.42 Å². The maximum atomic E-state index is 10.3. The number of nitrogens with zero attached hydrogens (tertiary/aromatic N) is 2. The zero-order valence-corrected chi connectivity index (χ0v) is 8.12. The molecule has 0 amide bonds. The van der Waals surface area contributed by atoms with Gasteiger partial charge in [-0.1, -0.05) is 0 Å². The van der Waals surface area contributed by atoms with Crippen molar-refractivity contribution in [1.82, 2.24) is 9.78 Å². The second-order valence-corrected chi connectivity index (χ2v) is 3.04. The van der Waals surface area contributed by atoms with E-state index in [-0.39, 0.29) is 11.5 Å². The molecule has 0 aliphatic rings. The minimum absolute atomic E-state index is 0.0359. The SMILES string of the molecule is NC(=S)Nc1ccn(CCC(=O)O)n1. The predicted octanol–water partition coefficient (Wildman–Crippen LogP) is 0.0133. The van der Waals surface area contributed by atoms with Gasteiger partial charge in [-0.25, -0.2) is 0 Å². The molecule has 0 aliphatic carbocycles. The maximum absolute atomic E-state index is 10.3. The van der Waals surface area contributed by atoms with Gasteiger partial charge in [-0.3, -0.25) is 9.48 Å². The van der Waals surface area contributed by atoms with Crippen LogP contribution in [0.3, 0.4) is 0 Å². The van der Waals surface area contributed by atoms with Crippen LogP contribution in [0.25, 0.3) is 0 Å². The summed E-state index contributed by atoms with van der Waals surface area (Å²) in [6.07, 6.45) is 1.69. The molecule has 0 unspecified atom stereocenters. The second-order valence-electron chi connectivity index (χ2n) is 2.60. The quantitative estimate of drug-likeness (QED) is 0.611. The van der Waals surface area contributed by atoms with Crippen LogP contribution < -0.4 is 11.1 Å². The minimum atomic E-state index is -0.857. The Morgan fingerprint density at radius 3 is 3.07 bits per heavy atom. The smallest absolute Gasteiger partial charge is 0.305 e. The van der Waals surface area contributed by atoms with Crippen molar-refractivity contribution in [3.05, 3.63) is 12.3 Å². The van der Waals surface area contributed by atoms with Gasteiger partial charge in [-0.2, -0.15) is 5.10 Å². The van der Waals surface area contributed by atoms with Crippen molar-refractivity contribution in [1.29, 1.82) is 0 Å². The summed E-state index contributed by atoms with van der Waals surface area (Å²) in [5.74, 6) is -0.341. The van der Waals surface area contributed by atoms with Crippen molar-refractivity contribution in [2.45, 2.75) is 13.0 Å². The number of aromatic nitrogens is 2. The number of aliphatic carboxylic acids is 1. The molecular weight excluding hydrogens is 204 g/mol. The molecule has 0 aliphatic heterocycles. The Hall–Kier alpha value is -1.63.